The van der Waals surface area contributed by atoms with E-state index in [9.17, 15) is 37.6 Å². The van der Waals surface area contributed by atoms with E-state index in [2.05, 4.69) is 35.9 Å². The SMILES string of the molecule is CC(F)(F)F.COC(C)C(NC=O)C(=O)N1CC2C(C1C(=O)NC(C#N)CC1CC3(CC3)NC1=O)C2(C)C. The fraction of sp³-hybridized carbons (Fsp3) is 0.800. The summed E-state index contributed by atoms with van der Waals surface area (Å²) in [6.45, 7) is 6.42. The Labute approximate surface area is 220 Å². The van der Waals surface area contributed by atoms with Crippen molar-refractivity contribution in [3.05, 3.63) is 0 Å². The molecule has 4 fully saturated rings. The number of nitrogens with zero attached hydrogens (tertiary/aromatic N) is 2. The van der Waals surface area contributed by atoms with Crippen molar-refractivity contribution in [2.24, 2.45) is 23.2 Å². The Morgan fingerprint density at radius 2 is 1.95 bits per heavy atom. The number of hydrogen-bond donors (Lipinski definition) is 3. The number of methoxy groups -OCH3 is 1. The third-order valence-corrected chi connectivity index (χ3v) is 8.36. The van der Waals surface area contributed by atoms with Gasteiger partial charge >= 0.3 is 6.18 Å². The summed E-state index contributed by atoms with van der Waals surface area (Å²) in [5, 5.41) is 18.0. The normalized spacial score (nSPS) is 30.0. The molecule has 7 atom stereocenters. The Kier molecular flexibility index (Phi) is 8.36. The number of halogens is 3. The van der Waals surface area contributed by atoms with Crippen LogP contribution in [0.5, 0.6) is 0 Å². The van der Waals surface area contributed by atoms with Crippen LogP contribution in [-0.2, 0) is 23.9 Å². The van der Waals surface area contributed by atoms with Crippen molar-refractivity contribution in [3.63, 3.8) is 0 Å². The van der Waals surface area contributed by atoms with Gasteiger partial charge in [-0.05, 0) is 49.9 Å². The lowest BCUT2D eigenvalue weighted by Crippen LogP contribution is -2.58. The quantitative estimate of drug-likeness (QED) is 0.374. The van der Waals surface area contributed by atoms with Crippen molar-refractivity contribution in [1.29, 1.82) is 5.26 Å². The predicted molar refractivity (Wildman–Crippen MR) is 128 cm³/mol. The van der Waals surface area contributed by atoms with Crippen molar-refractivity contribution in [3.8, 4) is 6.07 Å². The molecule has 3 N–H and O–H groups in total. The smallest absolute Gasteiger partial charge is 0.379 e. The summed E-state index contributed by atoms with van der Waals surface area (Å²) >= 11 is 0. The molecule has 1 spiro atoms. The summed E-state index contributed by atoms with van der Waals surface area (Å²) in [5.74, 6) is -0.976. The summed E-state index contributed by atoms with van der Waals surface area (Å²) < 4.78 is 36.3. The van der Waals surface area contributed by atoms with Crippen LogP contribution in [0.15, 0.2) is 0 Å². The molecule has 2 saturated heterocycles. The van der Waals surface area contributed by atoms with Crippen molar-refractivity contribution in [1.82, 2.24) is 20.9 Å². The van der Waals surface area contributed by atoms with Gasteiger partial charge in [-0.2, -0.15) is 18.4 Å². The van der Waals surface area contributed by atoms with Gasteiger partial charge in [0.15, 0.2) is 0 Å². The fourth-order valence-corrected chi connectivity index (χ4v) is 5.94. The lowest BCUT2D eigenvalue weighted by atomic mass is 9.95. The highest BCUT2D eigenvalue weighted by molar-refractivity contribution is 5.93. The van der Waals surface area contributed by atoms with Crippen LogP contribution in [0.1, 0.15) is 53.4 Å². The van der Waals surface area contributed by atoms with Crippen LogP contribution >= 0.6 is 0 Å². The average Bonchev–Trinajstić information content (AvgIpc) is 3.54. The molecule has 4 amide bonds. The Balaban J connectivity index is 0.000000732. The Morgan fingerprint density at radius 3 is 2.42 bits per heavy atom. The molecule has 13 heteroatoms. The first-order chi connectivity index (χ1) is 17.6. The number of ether oxygens (including phenoxy) is 1. The molecule has 0 aromatic heterocycles. The molecule has 212 valence electrons. The minimum absolute atomic E-state index is 0.0277. The van der Waals surface area contributed by atoms with Gasteiger partial charge in [-0.3, -0.25) is 19.2 Å². The number of amides is 4. The van der Waals surface area contributed by atoms with Gasteiger partial charge in [-0.25, -0.2) is 0 Å². The van der Waals surface area contributed by atoms with Crippen LogP contribution in [0.25, 0.3) is 0 Å². The number of nitrogens with one attached hydrogen (secondary N) is 3. The van der Waals surface area contributed by atoms with Crippen LogP contribution < -0.4 is 16.0 Å². The van der Waals surface area contributed by atoms with E-state index in [0.29, 0.717) is 19.4 Å². The van der Waals surface area contributed by atoms with Crippen LogP contribution in [0.3, 0.4) is 0 Å². The molecule has 0 radical (unpaired) electrons. The number of carbonyl (C=O) groups excluding carboxylic acids is 4. The van der Waals surface area contributed by atoms with E-state index in [-0.39, 0.29) is 59.8 Å². The first-order valence-corrected chi connectivity index (χ1v) is 12.7. The third kappa shape index (κ3) is 6.39. The summed E-state index contributed by atoms with van der Waals surface area (Å²) in [4.78, 5) is 51.6. The summed E-state index contributed by atoms with van der Waals surface area (Å²) in [5.41, 5.74) is -0.185. The zero-order valence-electron chi connectivity index (χ0n) is 22.2. The molecule has 0 aromatic carbocycles. The van der Waals surface area contributed by atoms with Crippen LogP contribution in [-0.4, -0.2) is 78.6 Å². The second-order valence-electron chi connectivity index (χ2n) is 11.5. The average molecular weight is 544 g/mol. The van der Waals surface area contributed by atoms with E-state index in [1.54, 1.807) is 6.92 Å². The van der Waals surface area contributed by atoms with Gasteiger partial charge in [0.2, 0.25) is 24.1 Å². The lowest BCUT2D eigenvalue weighted by molar-refractivity contribution is -0.145. The van der Waals surface area contributed by atoms with Crippen molar-refractivity contribution in [2.45, 2.75) is 89.3 Å². The van der Waals surface area contributed by atoms with E-state index < -0.39 is 30.4 Å². The maximum Gasteiger partial charge on any atom is 0.386 e. The first-order valence-electron chi connectivity index (χ1n) is 12.7. The molecular formula is C25H36F3N5O5. The summed E-state index contributed by atoms with van der Waals surface area (Å²) in [6.07, 6.45) is -1.24. The van der Waals surface area contributed by atoms with Crippen molar-refractivity contribution in [2.75, 3.05) is 13.7 Å². The highest BCUT2D eigenvalue weighted by Crippen LogP contribution is 2.65. The predicted octanol–water partition coefficient (Wildman–Crippen LogP) is 1.25. The number of likely N-dealkylation sites (tertiary alicyclic amines) is 1. The topological polar surface area (TPSA) is 141 Å². The highest BCUT2D eigenvalue weighted by atomic mass is 19.4. The number of alkyl halides is 3. The number of hydrogen-bond acceptors (Lipinski definition) is 6. The number of piperidine rings is 1. The van der Waals surface area contributed by atoms with Gasteiger partial charge < -0.3 is 25.6 Å². The number of nitriles is 1. The fourth-order valence-electron chi connectivity index (χ4n) is 5.94. The van der Waals surface area contributed by atoms with Gasteiger partial charge in [-0.15, -0.1) is 0 Å². The Morgan fingerprint density at radius 1 is 1.34 bits per heavy atom. The van der Waals surface area contributed by atoms with Crippen LogP contribution in [0, 0.1) is 34.5 Å². The van der Waals surface area contributed by atoms with E-state index >= 15 is 0 Å². The van der Waals surface area contributed by atoms with E-state index in [4.69, 9.17) is 4.74 Å². The number of rotatable bonds is 9. The molecule has 38 heavy (non-hydrogen) atoms. The first kappa shape index (κ1) is 29.7. The van der Waals surface area contributed by atoms with Gasteiger partial charge in [0.1, 0.15) is 18.1 Å². The zero-order chi connectivity index (χ0) is 28.6. The second kappa shape index (κ2) is 10.7. The molecule has 0 bridgehead atoms. The van der Waals surface area contributed by atoms with E-state index in [0.717, 1.165) is 12.8 Å². The molecule has 2 saturated carbocycles. The highest BCUT2D eigenvalue weighted by Gasteiger charge is 2.69. The number of carbonyl (C=O) groups is 4. The van der Waals surface area contributed by atoms with Crippen molar-refractivity contribution >= 4 is 24.1 Å². The Hall–Kier alpha value is -2.88. The molecule has 2 aliphatic carbocycles. The minimum atomic E-state index is -4.00. The summed E-state index contributed by atoms with van der Waals surface area (Å²) in [7, 11) is 1.45. The monoisotopic (exact) mass is 543 g/mol. The Bertz CT molecular complexity index is 987. The summed E-state index contributed by atoms with van der Waals surface area (Å²) in [6, 6.07) is -0.342. The lowest BCUT2D eigenvalue weighted by Gasteiger charge is -2.34. The molecule has 4 aliphatic rings. The molecule has 10 nitrogen and oxygen atoms in total. The van der Waals surface area contributed by atoms with E-state index in [1.807, 2.05) is 0 Å². The molecule has 2 aliphatic heterocycles. The van der Waals surface area contributed by atoms with Gasteiger partial charge in [0.05, 0.1) is 12.2 Å². The van der Waals surface area contributed by atoms with Gasteiger partial charge in [-0.1, -0.05) is 13.8 Å². The molecule has 2 heterocycles. The molecule has 0 aromatic rings. The van der Waals surface area contributed by atoms with Crippen molar-refractivity contribution < 1.29 is 37.1 Å². The molecule has 7 unspecified atom stereocenters. The van der Waals surface area contributed by atoms with Crippen LogP contribution in [0.2, 0.25) is 0 Å². The van der Waals surface area contributed by atoms with Gasteiger partial charge in [0.25, 0.3) is 0 Å². The van der Waals surface area contributed by atoms with Crippen LogP contribution in [0.4, 0.5) is 13.2 Å². The molecular weight excluding hydrogens is 507 g/mol. The molecule has 4 rings (SSSR count). The maximum atomic E-state index is 13.4. The second-order valence-corrected chi connectivity index (χ2v) is 11.5. The zero-order valence-corrected chi connectivity index (χ0v) is 22.2. The van der Waals surface area contributed by atoms with Gasteiger partial charge in [0, 0.05) is 32.0 Å². The standard InChI is InChI=1S/C23H33N5O5.C2H3F3/c1-12(33-4)17(25-11-29)21(32)28-10-15-16(22(15,2)3)18(28)20(31)26-14(9-24)7-13-8-23(5-6-23)27-19(13)30;1-2(3,4)5/h11-18H,5-8,10H2,1-4H3,(H,25,29)(H,26,31)(H,27,30);1H3. The number of fused-ring (bicyclic) bond motifs is 1. The minimum Gasteiger partial charge on any atom is -0.379 e. The van der Waals surface area contributed by atoms with E-state index in [1.165, 1.54) is 12.0 Å². The largest absolute Gasteiger partial charge is 0.386 e. The third-order valence-electron chi connectivity index (χ3n) is 8.36. The maximum absolute atomic E-state index is 13.4.